The van der Waals surface area contributed by atoms with Gasteiger partial charge in [0.1, 0.15) is 12.6 Å². The van der Waals surface area contributed by atoms with Gasteiger partial charge in [-0.15, -0.1) is 0 Å². The number of hydrogen-bond donors (Lipinski definition) is 6. The van der Waals surface area contributed by atoms with Crippen LogP contribution in [0.15, 0.2) is 24.3 Å². The highest BCUT2D eigenvalue weighted by molar-refractivity contribution is 5.97. The Hall–Kier alpha value is -3.75. The van der Waals surface area contributed by atoms with Crippen molar-refractivity contribution < 1.29 is 33.4 Å². The number of amides is 5. The van der Waals surface area contributed by atoms with E-state index in [1.54, 1.807) is 31.3 Å². The molecule has 0 spiro atoms. The second kappa shape index (κ2) is 38.0. The highest BCUT2D eigenvalue weighted by Gasteiger charge is 2.23. The van der Waals surface area contributed by atoms with Crippen molar-refractivity contribution in [2.75, 3.05) is 59.2 Å². The molecule has 0 radical (unpaired) electrons. The summed E-state index contributed by atoms with van der Waals surface area (Å²) in [7, 11) is 5.30. The lowest BCUT2D eigenvalue weighted by molar-refractivity contribution is -0.128. The van der Waals surface area contributed by atoms with Gasteiger partial charge >= 0.3 is 6.09 Å². The van der Waals surface area contributed by atoms with Crippen molar-refractivity contribution in [3.8, 4) is 0 Å². The number of primary amides is 1. The molecule has 0 fully saturated rings. The Balaban J connectivity index is -0.00000108. The van der Waals surface area contributed by atoms with E-state index in [1.807, 2.05) is 55.6 Å². The van der Waals surface area contributed by atoms with Gasteiger partial charge in [-0.3, -0.25) is 19.2 Å². The lowest BCUT2D eigenvalue weighted by atomic mass is 10.0. The number of anilines is 1. The molecule has 310 valence electrons. The summed E-state index contributed by atoms with van der Waals surface area (Å²) in [5.41, 5.74) is 5.05. The van der Waals surface area contributed by atoms with Crippen LogP contribution < -0.4 is 32.3 Å². The van der Waals surface area contributed by atoms with Gasteiger partial charge in [0, 0.05) is 38.9 Å². The van der Waals surface area contributed by atoms with Crippen molar-refractivity contribution in [3.63, 3.8) is 0 Å². The Morgan fingerprint density at radius 2 is 1.47 bits per heavy atom. The molecule has 14 heteroatoms. The number of rotatable bonds is 21. The monoisotopic (exact) mass is 756 g/mol. The molecule has 1 atom stereocenters. The first kappa shape index (κ1) is 56.0. The number of hydrogen-bond acceptors (Lipinski definition) is 9. The molecule has 1 unspecified atom stereocenters. The van der Waals surface area contributed by atoms with Crippen molar-refractivity contribution in [2.45, 2.75) is 126 Å². The Bertz CT molecular complexity index is 1060. The molecule has 0 aromatic heterocycles. The van der Waals surface area contributed by atoms with Crippen LogP contribution in [0, 0.1) is 5.92 Å². The molecule has 0 aliphatic rings. The van der Waals surface area contributed by atoms with E-state index in [-0.39, 0.29) is 37.8 Å². The minimum atomic E-state index is -0.778. The Morgan fingerprint density at radius 3 is 1.98 bits per heavy atom. The van der Waals surface area contributed by atoms with Gasteiger partial charge in [-0.25, -0.2) is 4.79 Å². The molecule has 0 saturated carbocycles. The van der Waals surface area contributed by atoms with E-state index in [4.69, 9.17) is 14.3 Å². The third-order valence-electron chi connectivity index (χ3n) is 6.75. The molecule has 5 amide bonds. The topological polar surface area (TPSA) is 193 Å². The molecule has 0 saturated heterocycles. The lowest BCUT2D eigenvalue weighted by Crippen LogP contribution is -2.47. The number of ether oxygens (including phenoxy) is 2. The van der Waals surface area contributed by atoms with Crippen molar-refractivity contribution in [1.29, 1.82) is 0 Å². The van der Waals surface area contributed by atoms with Gasteiger partial charge in [0.25, 0.3) is 0 Å². The van der Waals surface area contributed by atoms with E-state index in [0.29, 0.717) is 57.1 Å². The number of benzene rings is 1. The average molecular weight is 756 g/mol. The van der Waals surface area contributed by atoms with Crippen LogP contribution in [0.1, 0.15) is 113 Å². The number of nitrogens with one attached hydrogen (secondary N) is 5. The van der Waals surface area contributed by atoms with Gasteiger partial charge in [0.05, 0.1) is 12.1 Å². The Labute approximate surface area is 321 Å². The minimum Gasteiger partial charge on any atom is -0.445 e. The normalized spacial score (nSPS) is 10.5. The molecule has 14 nitrogen and oxygen atoms in total. The van der Waals surface area contributed by atoms with E-state index in [1.165, 1.54) is 11.3 Å². The van der Waals surface area contributed by atoms with Crippen LogP contribution in [0.25, 0.3) is 0 Å². The SMILES string of the molecule is CC.CC.CCC.CNCCCC(NC(=O)CNC(=O)CCC(C)(C)OCCC(C)C)C(=O)Nc1ccc(COC(=O)N(C)CCNC)cc1.NC=O. The number of nitrogens with zero attached hydrogens (tertiary/aromatic N) is 1. The fraction of sp³-hybridized carbons (Fsp3) is 0.718. The van der Waals surface area contributed by atoms with E-state index < -0.39 is 23.6 Å². The molecule has 0 aliphatic heterocycles. The maximum Gasteiger partial charge on any atom is 0.409 e. The second-order valence-electron chi connectivity index (χ2n) is 12.5. The predicted molar refractivity (Wildman–Crippen MR) is 218 cm³/mol. The van der Waals surface area contributed by atoms with Crippen LogP contribution in [0.4, 0.5) is 10.5 Å². The smallest absolute Gasteiger partial charge is 0.409 e. The fourth-order valence-corrected chi connectivity index (χ4v) is 3.86. The summed E-state index contributed by atoms with van der Waals surface area (Å²) >= 11 is 0. The molecule has 1 aromatic carbocycles. The van der Waals surface area contributed by atoms with Crippen molar-refractivity contribution in [1.82, 2.24) is 26.2 Å². The second-order valence-corrected chi connectivity index (χ2v) is 12.5. The minimum absolute atomic E-state index is 0.105. The predicted octanol–water partition coefficient (Wildman–Crippen LogP) is 5.21. The Morgan fingerprint density at radius 1 is 0.925 bits per heavy atom. The third-order valence-corrected chi connectivity index (χ3v) is 6.75. The van der Waals surface area contributed by atoms with Crippen LogP contribution in [-0.4, -0.2) is 101 Å². The standard InChI is InChI=1S/C31H54N6O6.C3H8.2C2H6.CH3NO/c1-23(2)15-20-43-31(3,4)16-14-27(38)34-21-28(39)36-26(9-8-17-32-5)29(40)35-25-12-10-24(11-13-25)22-42-30(41)37(7)19-18-33-6;1-3-2;2*1-2;2-1-3/h10-13,23,26,32-33H,8-9,14-22H2,1-7H3,(H,34,38)(H,35,40)(H,36,39);3H2,1-2H3;2*1-2H3;1H,(H2,2,3). The van der Waals surface area contributed by atoms with Crippen LogP contribution in [0.2, 0.25) is 0 Å². The lowest BCUT2D eigenvalue weighted by Gasteiger charge is -2.25. The van der Waals surface area contributed by atoms with Crippen LogP contribution in [-0.2, 0) is 35.3 Å². The Kier molecular flexibility index (Phi) is 40.1. The van der Waals surface area contributed by atoms with Gasteiger partial charge in [0.2, 0.25) is 24.1 Å². The number of carbonyl (C=O) groups excluding carboxylic acids is 5. The molecule has 53 heavy (non-hydrogen) atoms. The zero-order valence-electron chi connectivity index (χ0n) is 35.4. The van der Waals surface area contributed by atoms with Gasteiger partial charge in [-0.05, 0) is 83.8 Å². The zero-order valence-corrected chi connectivity index (χ0v) is 35.4. The molecular formula is C39H77N7O7. The van der Waals surface area contributed by atoms with Gasteiger partial charge in [0.15, 0.2) is 0 Å². The molecule has 0 heterocycles. The quantitative estimate of drug-likeness (QED) is 0.0722. The average Bonchev–Trinajstić information content (AvgIpc) is 3.13. The highest BCUT2D eigenvalue weighted by atomic mass is 16.6. The molecule has 0 aliphatic carbocycles. The summed E-state index contributed by atoms with van der Waals surface area (Å²) in [6.45, 7) is 22.8. The first-order chi connectivity index (χ1) is 25.2. The molecular weight excluding hydrogens is 678 g/mol. The molecule has 0 bridgehead atoms. The number of nitrogens with two attached hydrogens (primary N) is 1. The van der Waals surface area contributed by atoms with Crippen LogP contribution in [0.5, 0.6) is 0 Å². The molecule has 1 aromatic rings. The van der Waals surface area contributed by atoms with Crippen molar-refractivity contribution >= 4 is 35.9 Å². The van der Waals surface area contributed by atoms with Crippen LogP contribution in [0.3, 0.4) is 0 Å². The van der Waals surface area contributed by atoms with Gasteiger partial charge < -0.3 is 46.7 Å². The van der Waals surface area contributed by atoms with Gasteiger partial charge in [-0.1, -0.05) is 73.9 Å². The number of carbonyl (C=O) groups is 5. The maximum atomic E-state index is 13.1. The summed E-state index contributed by atoms with van der Waals surface area (Å²) in [5.74, 6) is -0.503. The van der Waals surface area contributed by atoms with E-state index >= 15 is 0 Å². The highest BCUT2D eigenvalue weighted by Crippen LogP contribution is 2.18. The van der Waals surface area contributed by atoms with Crippen molar-refractivity contribution in [2.24, 2.45) is 11.7 Å². The number of likely N-dealkylation sites (N-methyl/N-ethyl adjacent to an activating group) is 2. The first-order valence-electron chi connectivity index (χ1n) is 19.1. The summed E-state index contributed by atoms with van der Waals surface area (Å²) in [4.78, 5) is 60.2. The first-order valence-corrected chi connectivity index (χ1v) is 19.1. The molecule has 7 N–H and O–H groups in total. The summed E-state index contributed by atoms with van der Waals surface area (Å²) in [6, 6.07) is 6.17. The zero-order chi connectivity index (χ0) is 41.7. The third kappa shape index (κ3) is 35.1. The summed E-state index contributed by atoms with van der Waals surface area (Å²) in [5, 5.41) is 14.2. The maximum absolute atomic E-state index is 13.1. The van der Waals surface area contributed by atoms with E-state index in [9.17, 15) is 19.2 Å². The fourth-order valence-electron chi connectivity index (χ4n) is 3.86. The summed E-state index contributed by atoms with van der Waals surface area (Å²) in [6.07, 6.45) is 3.89. The van der Waals surface area contributed by atoms with E-state index in [2.05, 4.69) is 60.0 Å². The summed E-state index contributed by atoms with van der Waals surface area (Å²) < 4.78 is 11.2. The van der Waals surface area contributed by atoms with E-state index in [0.717, 1.165) is 12.0 Å². The largest absolute Gasteiger partial charge is 0.445 e. The van der Waals surface area contributed by atoms with Gasteiger partial charge in [-0.2, -0.15) is 0 Å². The molecule has 1 rings (SSSR count). The van der Waals surface area contributed by atoms with Crippen molar-refractivity contribution in [3.05, 3.63) is 29.8 Å². The van der Waals surface area contributed by atoms with Crippen LogP contribution >= 0.6 is 0 Å².